The summed E-state index contributed by atoms with van der Waals surface area (Å²) in [5.74, 6) is 2.08. The molecular weight excluding hydrogens is 322 g/mol. The summed E-state index contributed by atoms with van der Waals surface area (Å²) < 4.78 is 6.13. The lowest BCUT2D eigenvalue weighted by molar-refractivity contribution is 0.120. The first-order valence-electron chi connectivity index (χ1n) is 8.95. The van der Waals surface area contributed by atoms with Crippen LogP contribution in [0.4, 0.5) is 4.79 Å². The molecule has 1 atom stereocenters. The molecule has 3 aliphatic rings. The molecule has 1 unspecified atom stereocenters. The molecule has 0 aromatic heterocycles. The van der Waals surface area contributed by atoms with Crippen LogP contribution in [0.15, 0.2) is 29.2 Å². The Morgan fingerprint density at radius 3 is 2.83 bits per heavy atom. The zero-order chi connectivity index (χ0) is 16.4. The van der Waals surface area contributed by atoms with Gasteiger partial charge in [0.25, 0.3) is 0 Å². The van der Waals surface area contributed by atoms with Crippen LogP contribution >= 0.6 is 11.8 Å². The largest absolute Gasteiger partial charge is 0.488 e. The van der Waals surface area contributed by atoms with Gasteiger partial charge in [0.15, 0.2) is 0 Å². The van der Waals surface area contributed by atoms with E-state index < -0.39 is 0 Å². The summed E-state index contributed by atoms with van der Waals surface area (Å²) in [4.78, 5) is 17.6. The standard InChI is InChI=1S/C18H25N3O2S/c22-18-19-8-12-21(18)14-5-9-20(10-6-14)11-7-15-13-24-17-4-2-1-3-16(17)23-15/h1-4,14-15H,5-13H2,(H,19,22). The molecule has 0 bridgehead atoms. The molecule has 6 heteroatoms. The predicted octanol–water partition coefficient (Wildman–Crippen LogP) is 2.42. The fraction of sp³-hybridized carbons (Fsp3) is 0.611. The number of fused-ring (bicyclic) bond motifs is 1. The van der Waals surface area contributed by atoms with Crippen LogP contribution in [-0.2, 0) is 0 Å². The molecule has 1 aromatic carbocycles. The van der Waals surface area contributed by atoms with Crippen molar-refractivity contribution in [2.45, 2.75) is 36.3 Å². The molecule has 0 radical (unpaired) electrons. The van der Waals surface area contributed by atoms with E-state index in [0.29, 0.717) is 12.1 Å². The van der Waals surface area contributed by atoms with E-state index in [2.05, 4.69) is 28.4 Å². The maximum atomic E-state index is 11.8. The van der Waals surface area contributed by atoms with Gasteiger partial charge in [-0.1, -0.05) is 12.1 Å². The molecule has 2 fully saturated rings. The van der Waals surface area contributed by atoms with Crippen molar-refractivity contribution in [3.8, 4) is 5.75 Å². The van der Waals surface area contributed by atoms with Crippen molar-refractivity contribution in [1.82, 2.24) is 15.1 Å². The predicted molar refractivity (Wildman–Crippen MR) is 95.8 cm³/mol. The lowest BCUT2D eigenvalue weighted by Crippen LogP contribution is -2.46. The summed E-state index contributed by atoms with van der Waals surface area (Å²) in [6.07, 6.45) is 3.58. The second-order valence-electron chi connectivity index (χ2n) is 6.78. The lowest BCUT2D eigenvalue weighted by Gasteiger charge is -2.36. The summed E-state index contributed by atoms with van der Waals surface area (Å²) >= 11 is 1.91. The van der Waals surface area contributed by atoms with Crippen LogP contribution in [0, 0.1) is 0 Å². The Labute approximate surface area is 147 Å². The van der Waals surface area contributed by atoms with E-state index in [-0.39, 0.29) is 6.03 Å². The number of para-hydroxylation sites is 1. The number of ether oxygens (including phenoxy) is 1. The Bertz CT molecular complexity index is 589. The van der Waals surface area contributed by atoms with E-state index in [1.165, 1.54) is 4.90 Å². The van der Waals surface area contributed by atoms with Gasteiger partial charge in [0, 0.05) is 49.4 Å². The summed E-state index contributed by atoms with van der Waals surface area (Å²) in [6.45, 7) is 4.94. The van der Waals surface area contributed by atoms with Gasteiger partial charge >= 0.3 is 6.03 Å². The number of amides is 2. The SMILES string of the molecule is O=C1NCCN1C1CCN(CCC2CSc3ccccc3O2)CC1. The van der Waals surface area contributed by atoms with Crippen LogP contribution in [0.1, 0.15) is 19.3 Å². The maximum Gasteiger partial charge on any atom is 0.317 e. The molecule has 2 amide bonds. The summed E-state index contributed by atoms with van der Waals surface area (Å²) in [6, 6.07) is 8.87. The molecule has 1 N–H and O–H groups in total. The molecule has 2 saturated heterocycles. The van der Waals surface area contributed by atoms with Crippen LogP contribution in [0.5, 0.6) is 5.75 Å². The molecule has 5 nitrogen and oxygen atoms in total. The monoisotopic (exact) mass is 347 g/mol. The van der Waals surface area contributed by atoms with Gasteiger partial charge in [-0.15, -0.1) is 11.8 Å². The normalized spacial score (nSPS) is 25.2. The van der Waals surface area contributed by atoms with E-state index >= 15 is 0 Å². The first-order chi connectivity index (χ1) is 11.8. The molecule has 0 spiro atoms. The van der Waals surface area contributed by atoms with Crippen LogP contribution in [0.25, 0.3) is 0 Å². The highest BCUT2D eigenvalue weighted by molar-refractivity contribution is 7.99. The number of hydrogen-bond donors (Lipinski definition) is 1. The third-order valence-electron chi connectivity index (χ3n) is 5.22. The number of likely N-dealkylation sites (tertiary alicyclic amines) is 1. The summed E-state index contributed by atoms with van der Waals surface area (Å²) in [7, 11) is 0. The van der Waals surface area contributed by atoms with Crippen LogP contribution in [0.3, 0.4) is 0 Å². The second kappa shape index (κ2) is 7.23. The Kier molecular flexibility index (Phi) is 4.85. The minimum absolute atomic E-state index is 0.125. The first-order valence-corrected chi connectivity index (χ1v) is 9.93. The van der Waals surface area contributed by atoms with Crippen LogP contribution < -0.4 is 10.1 Å². The van der Waals surface area contributed by atoms with Gasteiger partial charge in [-0.2, -0.15) is 0 Å². The smallest absolute Gasteiger partial charge is 0.317 e. The highest BCUT2D eigenvalue weighted by Crippen LogP contribution is 2.35. The Balaban J connectivity index is 1.22. The van der Waals surface area contributed by atoms with Gasteiger partial charge in [0.05, 0.1) is 0 Å². The van der Waals surface area contributed by atoms with Gasteiger partial charge in [-0.05, 0) is 31.4 Å². The van der Waals surface area contributed by atoms with Crippen LogP contribution in [0.2, 0.25) is 0 Å². The van der Waals surface area contributed by atoms with E-state index in [4.69, 9.17) is 4.74 Å². The highest BCUT2D eigenvalue weighted by Gasteiger charge is 2.31. The van der Waals surface area contributed by atoms with Gasteiger partial charge in [0.1, 0.15) is 11.9 Å². The van der Waals surface area contributed by atoms with E-state index in [0.717, 1.165) is 63.5 Å². The zero-order valence-corrected chi connectivity index (χ0v) is 14.8. The number of carbonyl (C=O) groups excluding carboxylic acids is 1. The molecule has 0 saturated carbocycles. The fourth-order valence-electron chi connectivity index (χ4n) is 3.82. The lowest BCUT2D eigenvalue weighted by atomic mass is 10.0. The quantitative estimate of drug-likeness (QED) is 0.909. The Morgan fingerprint density at radius 1 is 1.21 bits per heavy atom. The third-order valence-corrected chi connectivity index (χ3v) is 6.41. The van der Waals surface area contributed by atoms with E-state index in [1.54, 1.807) is 0 Å². The fourth-order valence-corrected chi connectivity index (χ4v) is 4.85. The number of nitrogens with zero attached hydrogens (tertiary/aromatic N) is 2. The van der Waals surface area contributed by atoms with E-state index in [9.17, 15) is 4.79 Å². The molecule has 3 aliphatic heterocycles. The molecule has 1 aromatic rings. The topological polar surface area (TPSA) is 44.8 Å². The van der Waals surface area contributed by atoms with Crippen molar-refractivity contribution >= 4 is 17.8 Å². The molecule has 0 aliphatic carbocycles. The van der Waals surface area contributed by atoms with Crippen molar-refractivity contribution in [2.75, 3.05) is 38.5 Å². The van der Waals surface area contributed by atoms with E-state index in [1.807, 2.05) is 22.7 Å². The number of thioether (sulfide) groups is 1. The second-order valence-corrected chi connectivity index (χ2v) is 7.85. The molecule has 4 rings (SSSR count). The minimum atomic E-state index is 0.125. The molecular formula is C18H25N3O2S. The van der Waals surface area contributed by atoms with Crippen molar-refractivity contribution in [2.24, 2.45) is 0 Å². The number of piperidine rings is 1. The molecule has 24 heavy (non-hydrogen) atoms. The number of hydrogen-bond acceptors (Lipinski definition) is 4. The maximum absolute atomic E-state index is 11.8. The highest BCUT2D eigenvalue weighted by atomic mass is 32.2. The minimum Gasteiger partial charge on any atom is -0.488 e. The zero-order valence-electron chi connectivity index (χ0n) is 13.9. The Hall–Kier alpha value is -1.40. The molecule has 3 heterocycles. The van der Waals surface area contributed by atoms with Gasteiger partial charge in [0.2, 0.25) is 0 Å². The van der Waals surface area contributed by atoms with Gasteiger partial charge in [-0.25, -0.2) is 4.79 Å². The third kappa shape index (κ3) is 3.49. The van der Waals surface area contributed by atoms with Crippen molar-refractivity contribution in [1.29, 1.82) is 0 Å². The number of benzene rings is 1. The van der Waals surface area contributed by atoms with Gasteiger partial charge in [-0.3, -0.25) is 0 Å². The Morgan fingerprint density at radius 2 is 2.04 bits per heavy atom. The van der Waals surface area contributed by atoms with Crippen molar-refractivity contribution in [3.63, 3.8) is 0 Å². The summed E-state index contributed by atoms with van der Waals surface area (Å²) in [5.41, 5.74) is 0. The number of nitrogens with one attached hydrogen (secondary N) is 1. The molecule has 130 valence electrons. The average molecular weight is 347 g/mol. The number of urea groups is 1. The summed E-state index contributed by atoms with van der Waals surface area (Å²) in [5, 5.41) is 2.91. The number of carbonyl (C=O) groups is 1. The van der Waals surface area contributed by atoms with Gasteiger partial charge < -0.3 is 19.9 Å². The number of rotatable bonds is 4. The van der Waals surface area contributed by atoms with Crippen molar-refractivity contribution in [3.05, 3.63) is 24.3 Å². The average Bonchev–Trinajstić information content (AvgIpc) is 3.06. The van der Waals surface area contributed by atoms with Crippen molar-refractivity contribution < 1.29 is 9.53 Å². The van der Waals surface area contributed by atoms with Crippen LogP contribution in [-0.4, -0.2) is 66.5 Å². The first kappa shape index (κ1) is 16.1.